The van der Waals surface area contributed by atoms with Crippen molar-refractivity contribution >= 4 is 23.4 Å². The first-order valence-electron chi connectivity index (χ1n) is 6.33. The van der Waals surface area contributed by atoms with E-state index in [2.05, 4.69) is 25.3 Å². The zero-order valence-corrected chi connectivity index (χ0v) is 12.1. The van der Waals surface area contributed by atoms with Gasteiger partial charge in [0.1, 0.15) is 11.0 Å². The van der Waals surface area contributed by atoms with Gasteiger partial charge in [-0.3, -0.25) is 4.68 Å². The molecule has 1 aliphatic rings. The van der Waals surface area contributed by atoms with Crippen LogP contribution in [0.1, 0.15) is 0 Å². The molecule has 0 saturated carbocycles. The van der Waals surface area contributed by atoms with Crippen molar-refractivity contribution < 1.29 is 0 Å². The Morgan fingerprint density at radius 3 is 2.75 bits per heavy atom. The van der Waals surface area contributed by atoms with Crippen LogP contribution >= 0.6 is 11.6 Å². The van der Waals surface area contributed by atoms with Crippen molar-refractivity contribution in [2.45, 2.75) is 6.04 Å². The molecule has 106 valence electrons. The molecule has 0 unspecified atom stereocenters. The molecule has 0 spiro atoms. The average Bonchev–Trinajstić information content (AvgIpc) is 2.68. The van der Waals surface area contributed by atoms with Crippen LogP contribution in [0, 0.1) is 0 Å². The average molecular weight is 294 g/mol. The van der Waals surface area contributed by atoms with Gasteiger partial charge in [-0.15, -0.1) is 0 Å². The maximum Gasteiger partial charge on any atom is 0.222 e. The number of nitrogens with one attached hydrogen (secondary N) is 1. The highest BCUT2D eigenvalue weighted by Gasteiger charge is 2.27. The molecule has 7 nitrogen and oxygen atoms in total. The summed E-state index contributed by atoms with van der Waals surface area (Å²) in [4.78, 5) is 10.7. The lowest BCUT2D eigenvalue weighted by Gasteiger charge is -2.40. The lowest BCUT2D eigenvalue weighted by atomic mass is 10.1. The summed E-state index contributed by atoms with van der Waals surface area (Å²) in [6.45, 7) is 1.82. The smallest absolute Gasteiger partial charge is 0.222 e. The van der Waals surface area contributed by atoms with Crippen LogP contribution in [-0.2, 0) is 7.05 Å². The quantitative estimate of drug-likeness (QED) is 0.858. The molecule has 2 aromatic rings. The number of nitrogen functional groups attached to an aromatic ring is 1. The summed E-state index contributed by atoms with van der Waals surface area (Å²) < 4.78 is 1.59. The van der Waals surface area contributed by atoms with Gasteiger partial charge in [0.05, 0.1) is 17.5 Å². The molecule has 8 heteroatoms. The number of aromatic nitrogens is 4. The number of likely N-dealkylation sites (N-methyl/N-ethyl adjacent to an activating group) is 1. The highest BCUT2D eigenvalue weighted by Crippen LogP contribution is 2.29. The topological polar surface area (TPSA) is 84.9 Å². The number of halogens is 1. The van der Waals surface area contributed by atoms with E-state index in [1.54, 1.807) is 17.9 Å². The standard InChI is InChI=1S/C12H16ClN7/c1-15-7-5-20(6-7)10-3-9(17-12(14)18-10)8-4-16-19(2)11(8)13/h3-4,7,15H,5-6H2,1-2H3,(H2,14,17,18). The summed E-state index contributed by atoms with van der Waals surface area (Å²) in [5.74, 6) is 1.06. The van der Waals surface area contributed by atoms with Crippen LogP contribution in [0.25, 0.3) is 11.3 Å². The van der Waals surface area contributed by atoms with Crippen LogP contribution in [0.15, 0.2) is 12.3 Å². The molecule has 3 rings (SSSR count). The highest BCUT2D eigenvalue weighted by atomic mass is 35.5. The van der Waals surface area contributed by atoms with Gasteiger partial charge in [-0.1, -0.05) is 11.6 Å². The summed E-state index contributed by atoms with van der Waals surface area (Å²) in [6.07, 6.45) is 1.68. The second-order valence-corrected chi connectivity index (χ2v) is 5.19. The van der Waals surface area contributed by atoms with Gasteiger partial charge in [0.25, 0.3) is 0 Å². The molecule has 0 aliphatic carbocycles. The van der Waals surface area contributed by atoms with Crippen molar-refractivity contribution in [2.24, 2.45) is 7.05 Å². The van der Waals surface area contributed by atoms with E-state index < -0.39 is 0 Å². The van der Waals surface area contributed by atoms with Gasteiger partial charge < -0.3 is 16.0 Å². The zero-order valence-electron chi connectivity index (χ0n) is 11.3. The van der Waals surface area contributed by atoms with E-state index in [1.165, 1.54) is 0 Å². The van der Waals surface area contributed by atoms with E-state index in [0.29, 0.717) is 16.9 Å². The largest absolute Gasteiger partial charge is 0.368 e. The Morgan fingerprint density at radius 1 is 1.40 bits per heavy atom. The van der Waals surface area contributed by atoms with Gasteiger partial charge in [0.15, 0.2) is 0 Å². The third-order valence-corrected chi connectivity index (χ3v) is 3.93. The molecule has 0 atom stereocenters. The predicted octanol–water partition coefficient (Wildman–Crippen LogP) is 0.521. The number of nitrogens with two attached hydrogens (primary N) is 1. The van der Waals surface area contributed by atoms with E-state index in [-0.39, 0.29) is 5.95 Å². The second-order valence-electron chi connectivity index (χ2n) is 4.83. The summed E-state index contributed by atoms with van der Waals surface area (Å²) in [7, 11) is 3.74. The monoisotopic (exact) mass is 293 g/mol. The minimum absolute atomic E-state index is 0.241. The SMILES string of the molecule is CNC1CN(c2cc(-c3cnn(C)c3Cl)nc(N)n2)C1. The Bertz CT molecular complexity index is 633. The van der Waals surface area contributed by atoms with E-state index >= 15 is 0 Å². The molecule has 3 N–H and O–H groups in total. The van der Waals surface area contributed by atoms with Crippen molar-refractivity contribution in [2.75, 3.05) is 30.8 Å². The van der Waals surface area contributed by atoms with Crippen molar-refractivity contribution in [3.05, 3.63) is 17.4 Å². The molecule has 2 aromatic heterocycles. The molecular weight excluding hydrogens is 278 g/mol. The Balaban J connectivity index is 1.93. The summed E-state index contributed by atoms with van der Waals surface area (Å²) >= 11 is 6.20. The molecular formula is C12H16ClN7. The number of hydrogen-bond donors (Lipinski definition) is 2. The maximum atomic E-state index is 6.20. The van der Waals surface area contributed by atoms with Gasteiger partial charge in [-0.2, -0.15) is 10.1 Å². The molecule has 3 heterocycles. The van der Waals surface area contributed by atoms with E-state index in [0.717, 1.165) is 24.5 Å². The number of aryl methyl sites for hydroxylation is 1. The molecule has 0 aromatic carbocycles. The van der Waals surface area contributed by atoms with Crippen LogP contribution in [-0.4, -0.2) is 45.9 Å². The third kappa shape index (κ3) is 2.19. The number of nitrogens with zero attached hydrogens (tertiary/aromatic N) is 5. The first-order valence-corrected chi connectivity index (χ1v) is 6.71. The fourth-order valence-electron chi connectivity index (χ4n) is 2.20. The Labute approximate surface area is 121 Å². The minimum atomic E-state index is 0.241. The summed E-state index contributed by atoms with van der Waals surface area (Å²) in [5.41, 5.74) is 7.26. The summed E-state index contributed by atoms with van der Waals surface area (Å²) in [6, 6.07) is 2.39. The third-order valence-electron chi connectivity index (χ3n) is 3.49. The van der Waals surface area contributed by atoms with Crippen LogP contribution in [0.5, 0.6) is 0 Å². The molecule has 0 radical (unpaired) electrons. The normalized spacial score (nSPS) is 15.4. The highest BCUT2D eigenvalue weighted by molar-refractivity contribution is 6.32. The molecule has 1 saturated heterocycles. The fraction of sp³-hybridized carbons (Fsp3) is 0.417. The number of rotatable bonds is 3. The van der Waals surface area contributed by atoms with Gasteiger partial charge in [0, 0.05) is 32.2 Å². The predicted molar refractivity (Wildman–Crippen MR) is 78.7 cm³/mol. The Hall–Kier alpha value is -1.86. The first kappa shape index (κ1) is 13.1. The van der Waals surface area contributed by atoms with Gasteiger partial charge in [-0.25, -0.2) is 4.98 Å². The number of hydrogen-bond acceptors (Lipinski definition) is 6. The molecule has 1 fully saturated rings. The van der Waals surface area contributed by atoms with E-state index in [1.807, 2.05) is 13.1 Å². The Kier molecular flexibility index (Phi) is 3.23. The first-order chi connectivity index (χ1) is 9.58. The second kappa shape index (κ2) is 4.92. The van der Waals surface area contributed by atoms with Gasteiger partial charge in [0.2, 0.25) is 5.95 Å². The number of anilines is 2. The van der Waals surface area contributed by atoms with Gasteiger partial charge in [-0.05, 0) is 7.05 Å². The van der Waals surface area contributed by atoms with Gasteiger partial charge >= 0.3 is 0 Å². The lowest BCUT2D eigenvalue weighted by Crippen LogP contribution is -2.57. The molecule has 0 bridgehead atoms. The zero-order chi connectivity index (χ0) is 14.3. The van der Waals surface area contributed by atoms with Crippen molar-refractivity contribution in [1.82, 2.24) is 25.1 Å². The van der Waals surface area contributed by atoms with E-state index in [9.17, 15) is 0 Å². The van der Waals surface area contributed by atoms with E-state index in [4.69, 9.17) is 17.3 Å². The van der Waals surface area contributed by atoms with Crippen molar-refractivity contribution in [3.63, 3.8) is 0 Å². The Morgan fingerprint density at radius 2 is 2.15 bits per heavy atom. The van der Waals surface area contributed by atoms with Crippen LogP contribution in [0.3, 0.4) is 0 Å². The van der Waals surface area contributed by atoms with Crippen LogP contribution in [0.4, 0.5) is 11.8 Å². The maximum absolute atomic E-state index is 6.20. The lowest BCUT2D eigenvalue weighted by molar-refractivity contribution is 0.447. The van der Waals surface area contributed by atoms with Crippen molar-refractivity contribution in [3.8, 4) is 11.3 Å². The molecule has 0 amide bonds. The van der Waals surface area contributed by atoms with Crippen molar-refractivity contribution in [1.29, 1.82) is 0 Å². The van der Waals surface area contributed by atoms with Crippen LogP contribution in [0.2, 0.25) is 5.15 Å². The summed E-state index contributed by atoms with van der Waals surface area (Å²) in [5, 5.41) is 7.87. The molecule has 20 heavy (non-hydrogen) atoms. The molecule has 1 aliphatic heterocycles. The van der Waals surface area contributed by atoms with Crippen LogP contribution < -0.4 is 16.0 Å². The fourth-order valence-corrected chi connectivity index (χ4v) is 2.38. The minimum Gasteiger partial charge on any atom is -0.368 e.